The first-order valence-corrected chi connectivity index (χ1v) is 24.2. The minimum atomic E-state index is -0.464. The normalized spacial score (nSPS) is 13.0. The van der Waals surface area contributed by atoms with Gasteiger partial charge in [-0.2, -0.15) is 0 Å². The lowest BCUT2D eigenvalue weighted by atomic mass is 9.70. The van der Waals surface area contributed by atoms with Crippen molar-refractivity contribution in [1.29, 1.82) is 0 Å². The maximum Gasteiger partial charge on any atom is 0.138 e. The van der Waals surface area contributed by atoms with Gasteiger partial charge in [-0.15, -0.1) is 0 Å². The molecule has 0 unspecified atom stereocenters. The van der Waals surface area contributed by atoms with Gasteiger partial charge in [-0.1, -0.05) is 194 Å². The fraction of sp³-hybridized carbons (Fsp3) is 0.0149. The van der Waals surface area contributed by atoms with Gasteiger partial charge in [-0.05, 0) is 110 Å². The highest BCUT2D eigenvalue weighted by Crippen LogP contribution is 2.64. The van der Waals surface area contributed by atoms with Crippen molar-refractivity contribution in [1.82, 2.24) is 4.57 Å². The van der Waals surface area contributed by atoms with Gasteiger partial charge in [0, 0.05) is 55.8 Å². The van der Waals surface area contributed by atoms with Crippen LogP contribution in [0.5, 0.6) is 0 Å². The molecule has 15 rings (SSSR count). The number of furan rings is 1. The summed E-state index contributed by atoms with van der Waals surface area (Å²) in [6.07, 6.45) is 0. The van der Waals surface area contributed by atoms with E-state index in [0.29, 0.717) is 0 Å². The maximum absolute atomic E-state index is 6.80. The van der Waals surface area contributed by atoms with Crippen molar-refractivity contribution in [3.05, 3.63) is 277 Å². The van der Waals surface area contributed by atoms with E-state index in [1.807, 2.05) is 0 Å². The summed E-state index contributed by atoms with van der Waals surface area (Å²) in [5.74, 6) is 0. The number of para-hydroxylation sites is 2. The smallest absolute Gasteiger partial charge is 0.138 e. The summed E-state index contributed by atoms with van der Waals surface area (Å²) >= 11 is 0. The van der Waals surface area contributed by atoms with E-state index in [9.17, 15) is 0 Å². The molecule has 0 amide bonds. The quantitative estimate of drug-likeness (QED) is 0.166. The average Bonchev–Trinajstić information content (AvgIpc) is 4.15. The Kier molecular flexibility index (Phi) is 8.28. The zero-order valence-electron chi connectivity index (χ0n) is 38.1. The van der Waals surface area contributed by atoms with Gasteiger partial charge in [0.25, 0.3) is 0 Å². The van der Waals surface area contributed by atoms with E-state index in [1.165, 1.54) is 66.6 Å². The van der Waals surface area contributed by atoms with Gasteiger partial charge in [0.1, 0.15) is 11.2 Å². The third-order valence-corrected chi connectivity index (χ3v) is 15.2. The van der Waals surface area contributed by atoms with E-state index in [-0.39, 0.29) is 0 Å². The molecule has 0 saturated heterocycles. The lowest BCUT2D eigenvalue weighted by molar-refractivity contribution is 0.669. The van der Waals surface area contributed by atoms with Gasteiger partial charge in [0.05, 0.1) is 22.1 Å². The number of benzene rings is 11. The number of rotatable bonds is 6. The third kappa shape index (κ3) is 5.34. The Balaban J connectivity index is 1.04. The second kappa shape index (κ2) is 14.9. The molecule has 2 aliphatic carbocycles. The fourth-order valence-electron chi connectivity index (χ4n) is 12.4. The molecule has 326 valence electrons. The molecule has 0 fully saturated rings. The predicted molar refractivity (Wildman–Crippen MR) is 290 cm³/mol. The molecule has 1 spiro atoms. The largest absolute Gasteiger partial charge is 0.456 e. The fourth-order valence-corrected chi connectivity index (χ4v) is 12.4. The van der Waals surface area contributed by atoms with Crippen molar-refractivity contribution in [2.75, 3.05) is 4.90 Å². The maximum atomic E-state index is 6.80. The molecule has 2 aliphatic rings. The molecule has 0 N–H and O–H groups in total. The zero-order valence-corrected chi connectivity index (χ0v) is 38.1. The Morgan fingerprint density at radius 3 is 1.63 bits per heavy atom. The monoisotopic (exact) mass is 890 g/mol. The molecule has 3 nitrogen and oxygen atoms in total. The van der Waals surface area contributed by atoms with Crippen molar-refractivity contribution in [3.8, 4) is 50.2 Å². The summed E-state index contributed by atoms with van der Waals surface area (Å²) in [6, 6.07) is 93.5. The molecule has 11 aromatic carbocycles. The highest BCUT2D eigenvalue weighted by molar-refractivity contribution is 6.27. The topological polar surface area (TPSA) is 21.3 Å². The Labute approximate surface area is 405 Å². The second-order valence-corrected chi connectivity index (χ2v) is 18.7. The van der Waals surface area contributed by atoms with Crippen LogP contribution in [0, 0.1) is 0 Å². The van der Waals surface area contributed by atoms with Gasteiger partial charge in [-0.25, -0.2) is 0 Å². The standard InChI is InChI=1S/C67H42N2O/c1-4-19-43(20-5-1)44-35-37-47(38-36-44)69-58-40-39-48(41-53(58)65-60(69)42-62-66(52-28-13-17-34-61(52)70-62)63(65)45-21-6-2-7-22-45)68(46-23-8-3-9-24-46)59-33-18-32-57-64(59)51-27-12-16-31-56(51)67(57)54-29-14-10-25-49(54)50-26-11-15-30-55(50)67/h1-42H. The first-order chi connectivity index (χ1) is 34.8. The molecule has 2 aromatic heterocycles. The van der Waals surface area contributed by atoms with Crippen LogP contribution in [0.3, 0.4) is 0 Å². The van der Waals surface area contributed by atoms with Crippen LogP contribution in [0.2, 0.25) is 0 Å². The van der Waals surface area contributed by atoms with Crippen LogP contribution in [0.4, 0.5) is 17.1 Å². The molecule has 3 heteroatoms. The Morgan fingerprint density at radius 2 is 0.914 bits per heavy atom. The van der Waals surface area contributed by atoms with Crippen LogP contribution in [0.1, 0.15) is 22.3 Å². The number of fused-ring (bicyclic) bond motifs is 16. The average molecular weight is 891 g/mol. The van der Waals surface area contributed by atoms with Crippen molar-refractivity contribution < 1.29 is 4.42 Å². The van der Waals surface area contributed by atoms with Gasteiger partial charge in [0.2, 0.25) is 0 Å². The lowest BCUT2D eigenvalue weighted by Gasteiger charge is -2.31. The molecule has 13 aromatic rings. The summed E-state index contributed by atoms with van der Waals surface area (Å²) in [5, 5.41) is 4.58. The van der Waals surface area contributed by atoms with Gasteiger partial charge in [-0.3, -0.25) is 0 Å². The van der Waals surface area contributed by atoms with Crippen molar-refractivity contribution in [2.45, 2.75) is 5.41 Å². The molecule has 0 radical (unpaired) electrons. The van der Waals surface area contributed by atoms with Crippen LogP contribution >= 0.6 is 0 Å². The number of anilines is 3. The Hall–Kier alpha value is -9.18. The number of aromatic nitrogens is 1. The second-order valence-electron chi connectivity index (χ2n) is 18.7. The lowest BCUT2D eigenvalue weighted by Crippen LogP contribution is -2.26. The highest BCUT2D eigenvalue weighted by Gasteiger charge is 2.52. The van der Waals surface area contributed by atoms with E-state index in [2.05, 4.69) is 264 Å². The molecule has 2 heterocycles. The molecule has 0 saturated carbocycles. The highest BCUT2D eigenvalue weighted by atomic mass is 16.3. The Morgan fingerprint density at radius 1 is 0.343 bits per heavy atom. The Bertz CT molecular complexity index is 4180. The van der Waals surface area contributed by atoms with Crippen molar-refractivity contribution >= 4 is 60.8 Å². The van der Waals surface area contributed by atoms with Crippen LogP contribution in [0.15, 0.2) is 259 Å². The zero-order chi connectivity index (χ0) is 45.9. The molecule has 0 atom stereocenters. The predicted octanol–water partition coefficient (Wildman–Crippen LogP) is 17.8. The summed E-state index contributed by atoms with van der Waals surface area (Å²) < 4.78 is 9.23. The third-order valence-electron chi connectivity index (χ3n) is 15.2. The molecule has 0 aliphatic heterocycles. The summed E-state index contributed by atoms with van der Waals surface area (Å²) in [7, 11) is 0. The van der Waals surface area contributed by atoms with E-state index in [4.69, 9.17) is 4.42 Å². The summed E-state index contributed by atoms with van der Waals surface area (Å²) in [6.45, 7) is 0. The first-order valence-electron chi connectivity index (χ1n) is 24.2. The van der Waals surface area contributed by atoms with Gasteiger partial charge < -0.3 is 13.9 Å². The number of hydrogen-bond donors (Lipinski definition) is 0. The van der Waals surface area contributed by atoms with E-state index in [1.54, 1.807) is 0 Å². The molecule has 0 bridgehead atoms. The minimum Gasteiger partial charge on any atom is -0.456 e. The van der Waals surface area contributed by atoms with E-state index in [0.717, 1.165) is 66.7 Å². The van der Waals surface area contributed by atoms with Crippen LogP contribution in [0.25, 0.3) is 93.9 Å². The SMILES string of the molecule is c1ccc(-c2ccc(-n3c4ccc(N(c5ccccc5)c5cccc6c5-c5ccccc5C65c6ccccc6-c6ccccc65)cc4c4c(-c5ccccc5)c5c(cc43)oc3ccccc35)cc2)cc1. The van der Waals surface area contributed by atoms with Gasteiger partial charge in [0.15, 0.2) is 0 Å². The van der Waals surface area contributed by atoms with Crippen molar-refractivity contribution in [3.63, 3.8) is 0 Å². The van der Waals surface area contributed by atoms with Gasteiger partial charge >= 0.3 is 0 Å². The minimum absolute atomic E-state index is 0.464. The molecular formula is C67H42N2O. The van der Waals surface area contributed by atoms with E-state index < -0.39 is 5.41 Å². The summed E-state index contributed by atoms with van der Waals surface area (Å²) in [5.41, 5.74) is 23.0. The van der Waals surface area contributed by atoms with Crippen LogP contribution in [-0.2, 0) is 5.41 Å². The van der Waals surface area contributed by atoms with Crippen LogP contribution < -0.4 is 4.90 Å². The molecular weight excluding hydrogens is 849 g/mol. The summed E-state index contributed by atoms with van der Waals surface area (Å²) in [4.78, 5) is 2.49. The van der Waals surface area contributed by atoms with Crippen LogP contribution in [-0.4, -0.2) is 4.57 Å². The number of hydrogen-bond acceptors (Lipinski definition) is 2. The van der Waals surface area contributed by atoms with Crippen molar-refractivity contribution in [2.24, 2.45) is 0 Å². The molecule has 70 heavy (non-hydrogen) atoms. The number of nitrogens with zero attached hydrogens (tertiary/aromatic N) is 2. The first kappa shape index (κ1) is 38.9. The van der Waals surface area contributed by atoms with E-state index >= 15 is 0 Å².